The molecule has 0 spiro atoms. The van der Waals surface area contributed by atoms with Crippen molar-refractivity contribution < 1.29 is 4.79 Å². The van der Waals surface area contributed by atoms with Crippen LogP contribution in [0.25, 0.3) is 0 Å². The highest BCUT2D eigenvalue weighted by molar-refractivity contribution is 6.20. The third-order valence-electron chi connectivity index (χ3n) is 3.75. The van der Waals surface area contributed by atoms with Crippen LogP contribution < -0.4 is 5.32 Å². The zero-order valence-electron chi connectivity index (χ0n) is 11.7. The second-order valence-electron chi connectivity index (χ2n) is 5.36. The first-order valence-corrected chi connectivity index (χ1v) is 7.48. The van der Waals surface area contributed by atoms with E-state index in [0.717, 1.165) is 37.9 Å². The van der Waals surface area contributed by atoms with Crippen LogP contribution in [0.5, 0.6) is 0 Å². The molecular formula is C14H22ClN3O. The van der Waals surface area contributed by atoms with Crippen LogP contribution in [0, 0.1) is 5.92 Å². The molecule has 0 saturated heterocycles. The summed E-state index contributed by atoms with van der Waals surface area (Å²) < 4.78 is 1.70. The number of hydrogen-bond donors (Lipinski definition) is 1. The van der Waals surface area contributed by atoms with Gasteiger partial charge >= 0.3 is 0 Å². The molecule has 0 radical (unpaired) electrons. The highest BCUT2D eigenvalue weighted by Crippen LogP contribution is 2.27. The quantitative estimate of drug-likeness (QED) is 0.863. The van der Waals surface area contributed by atoms with Crippen molar-refractivity contribution in [1.29, 1.82) is 0 Å². The number of alkyl halides is 1. The summed E-state index contributed by atoms with van der Waals surface area (Å²) in [5.74, 6) is 0.503. The number of carbonyl (C=O) groups is 1. The summed E-state index contributed by atoms with van der Waals surface area (Å²) >= 11 is 6.17. The Morgan fingerprint density at radius 3 is 3.05 bits per heavy atom. The SMILES string of the molecule is CCc1nn(C)cc1C(=O)NCC1CCCC(Cl)C1. The Bertz CT molecular complexity index is 444. The normalized spacial score (nSPS) is 23.3. The van der Waals surface area contributed by atoms with E-state index in [1.54, 1.807) is 10.9 Å². The summed E-state index contributed by atoms with van der Waals surface area (Å²) in [7, 11) is 1.84. The lowest BCUT2D eigenvalue weighted by Gasteiger charge is -2.25. The van der Waals surface area contributed by atoms with E-state index in [-0.39, 0.29) is 11.3 Å². The number of rotatable bonds is 4. The van der Waals surface area contributed by atoms with Crippen LogP contribution in [0.2, 0.25) is 0 Å². The van der Waals surface area contributed by atoms with Gasteiger partial charge in [0.05, 0.1) is 11.3 Å². The van der Waals surface area contributed by atoms with Crippen molar-refractivity contribution in [3.63, 3.8) is 0 Å². The maximum absolute atomic E-state index is 12.2. The van der Waals surface area contributed by atoms with Crippen molar-refractivity contribution in [2.45, 2.75) is 44.4 Å². The summed E-state index contributed by atoms with van der Waals surface area (Å²) in [6.07, 6.45) is 7.01. The smallest absolute Gasteiger partial charge is 0.254 e. The fourth-order valence-electron chi connectivity index (χ4n) is 2.73. The Kier molecular flexibility index (Phi) is 4.86. The molecule has 1 amide bonds. The molecule has 106 valence electrons. The standard InChI is InChI=1S/C14H22ClN3O/c1-3-13-12(9-18(2)17-13)14(19)16-8-10-5-4-6-11(15)7-10/h9-11H,3-8H2,1-2H3,(H,16,19). The van der Waals surface area contributed by atoms with Gasteiger partial charge in [-0.2, -0.15) is 5.10 Å². The van der Waals surface area contributed by atoms with Crippen molar-refractivity contribution >= 4 is 17.5 Å². The molecule has 2 rings (SSSR count). The molecule has 1 N–H and O–H groups in total. The Balaban J connectivity index is 1.90. The molecule has 19 heavy (non-hydrogen) atoms. The van der Waals surface area contributed by atoms with Crippen molar-refractivity contribution in [2.75, 3.05) is 6.54 Å². The average molecular weight is 284 g/mol. The molecule has 1 aliphatic carbocycles. The van der Waals surface area contributed by atoms with Crippen LogP contribution in [0.4, 0.5) is 0 Å². The number of aromatic nitrogens is 2. The highest BCUT2D eigenvalue weighted by atomic mass is 35.5. The van der Waals surface area contributed by atoms with Gasteiger partial charge in [-0.15, -0.1) is 11.6 Å². The van der Waals surface area contributed by atoms with Crippen molar-refractivity contribution in [3.05, 3.63) is 17.5 Å². The van der Waals surface area contributed by atoms with Crippen LogP contribution in [-0.2, 0) is 13.5 Å². The number of amides is 1. The van der Waals surface area contributed by atoms with E-state index in [2.05, 4.69) is 10.4 Å². The first kappa shape index (κ1) is 14.4. The molecule has 1 fully saturated rings. The Morgan fingerprint density at radius 2 is 2.37 bits per heavy atom. The molecular weight excluding hydrogens is 262 g/mol. The van der Waals surface area contributed by atoms with Gasteiger partial charge in [-0.1, -0.05) is 13.3 Å². The number of hydrogen-bond acceptors (Lipinski definition) is 2. The molecule has 0 aromatic carbocycles. The molecule has 2 unspecified atom stereocenters. The van der Waals surface area contributed by atoms with E-state index in [1.165, 1.54) is 6.42 Å². The first-order valence-electron chi connectivity index (χ1n) is 7.05. The molecule has 1 aromatic rings. The number of halogens is 1. The predicted octanol–water partition coefficient (Wildman–Crippen LogP) is 2.51. The molecule has 2 atom stereocenters. The average Bonchev–Trinajstić information content (AvgIpc) is 2.77. The Hall–Kier alpha value is -1.03. The van der Waals surface area contributed by atoms with Crippen LogP contribution in [-0.4, -0.2) is 27.6 Å². The largest absolute Gasteiger partial charge is 0.352 e. The summed E-state index contributed by atoms with van der Waals surface area (Å²) in [6.45, 7) is 2.73. The minimum Gasteiger partial charge on any atom is -0.352 e. The van der Waals surface area contributed by atoms with Gasteiger partial charge in [0, 0.05) is 25.2 Å². The molecule has 1 aliphatic rings. The maximum atomic E-state index is 12.2. The van der Waals surface area contributed by atoms with Gasteiger partial charge in [0.25, 0.3) is 5.91 Å². The van der Waals surface area contributed by atoms with E-state index in [0.29, 0.717) is 11.5 Å². The lowest BCUT2D eigenvalue weighted by molar-refractivity contribution is 0.0942. The van der Waals surface area contributed by atoms with Crippen LogP contribution in [0.1, 0.15) is 48.7 Å². The van der Waals surface area contributed by atoms with Crippen molar-refractivity contribution in [2.24, 2.45) is 13.0 Å². The number of nitrogens with zero attached hydrogens (tertiary/aromatic N) is 2. The molecule has 1 saturated carbocycles. The maximum Gasteiger partial charge on any atom is 0.254 e. The zero-order valence-corrected chi connectivity index (χ0v) is 12.4. The highest BCUT2D eigenvalue weighted by Gasteiger charge is 2.21. The molecule has 1 aromatic heterocycles. The lowest BCUT2D eigenvalue weighted by atomic mass is 9.89. The lowest BCUT2D eigenvalue weighted by Crippen LogP contribution is -2.32. The topological polar surface area (TPSA) is 46.9 Å². The van der Waals surface area contributed by atoms with Gasteiger partial charge in [0.15, 0.2) is 0 Å². The number of nitrogens with one attached hydrogen (secondary N) is 1. The summed E-state index contributed by atoms with van der Waals surface area (Å²) in [4.78, 5) is 12.2. The first-order chi connectivity index (χ1) is 9.10. The van der Waals surface area contributed by atoms with E-state index in [4.69, 9.17) is 11.6 Å². The van der Waals surface area contributed by atoms with Crippen molar-refractivity contribution in [1.82, 2.24) is 15.1 Å². The van der Waals surface area contributed by atoms with Gasteiger partial charge in [-0.05, 0) is 31.6 Å². The van der Waals surface area contributed by atoms with Crippen LogP contribution in [0.15, 0.2) is 6.20 Å². The van der Waals surface area contributed by atoms with Gasteiger partial charge in [0.1, 0.15) is 0 Å². The predicted molar refractivity (Wildman–Crippen MR) is 76.5 cm³/mol. The fraction of sp³-hybridized carbons (Fsp3) is 0.714. The molecule has 4 nitrogen and oxygen atoms in total. The van der Waals surface area contributed by atoms with Gasteiger partial charge in [0.2, 0.25) is 0 Å². The van der Waals surface area contributed by atoms with Gasteiger partial charge in [-0.3, -0.25) is 9.48 Å². The minimum atomic E-state index is -0.0124. The number of carbonyl (C=O) groups excluding carboxylic acids is 1. The van der Waals surface area contributed by atoms with E-state index in [9.17, 15) is 4.79 Å². The molecule has 0 bridgehead atoms. The molecule has 1 heterocycles. The minimum absolute atomic E-state index is 0.0124. The summed E-state index contributed by atoms with van der Waals surface area (Å²) in [6, 6.07) is 0. The third-order valence-corrected chi connectivity index (χ3v) is 4.15. The van der Waals surface area contributed by atoms with E-state index in [1.807, 2.05) is 14.0 Å². The van der Waals surface area contributed by atoms with Crippen molar-refractivity contribution in [3.8, 4) is 0 Å². The van der Waals surface area contributed by atoms with Gasteiger partial charge < -0.3 is 5.32 Å². The van der Waals surface area contributed by atoms with Crippen LogP contribution >= 0.6 is 11.6 Å². The zero-order chi connectivity index (χ0) is 13.8. The summed E-state index contributed by atoms with van der Waals surface area (Å²) in [5.41, 5.74) is 1.56. The third kappa shape index (κ3) is 3.72. The molecule has 5 heteroatoms. The Labute approximate surface area is 119 Å². The second kappa shape index (κ2) is 6.42. The fourth-order valence-corrected chi connectivity index (χ4v) is 3.13. The summed E-state index contributed by atoms with van der Waals surface area (Å²) in [5, 5.41) is 7.60. The van der Waals surface area contributed by atoms with Gasteiger partial charge in [-0.25, -0.2) is 0 Å². The second-order valence-corrected chi connectivity index (χ2v) is 5.97. The Morgan fingerprint density at radius 1 is 1.58 bits per heavy atom. The van der Waals surface area contributed by atoms with E-state index < -0.39 is 0 Å². The molecule has 0 aliphatic heterocycles. The van der Waals surface area contributed by atoms with Crippen LogP contribution in [0.3, 0.4) is 0 Å². The monoisotopic (exact) mass is 283 g/mol. The number of aryl methyl sites for hydroxylation is 2. The van der Waals surface area contributed by atoms with E-state index >= 15 is 0 Å².